The second-order valence-electron chi connectivity index (χ2n) is 7.52. The van der Waals surface area contributed by atoms with Gasteiger partial charge in [-0.25, -0.2) is 0 Å². The molecule has 29 heavy (non-hydrogen) atoms. The van der Waals surface area contributed by atoms with E-state index >= 15 is 0 Å². The van der Waals surface area contributed by atoms with E-state index in [9.17, 15) is 9.59 Å². The van der Waals surface area contributed by atoms with Crippen molar-refractivity contribution in [2.45, 2.75) is 25.3 Å². The van der Waals surface area contributed by atoms with Gasteiger partial charge in [0.15, 0.2) is 0 Å². The summed E-state index contributed by atoms with van der Waals surface area (Å²) < 4.78 is 5.32. The first-order valence-corrected chi connectivity index (χ1v) is 9.72. The average molecular weight is 447 g/mol. The number of nitrogens with zero attached hydrogens (tertiary/aromatic N) is 2. The Morgan fingerprint density at radius 3 is 2.28 bits per heavy atom. The standard InChI is InChI=1S/C20H30N4O3.2ClH/c1-23-8-10-24(11-9-23)18(25)14-15-2-4-17(5-3-15)22-20(26)19(21)16-6-12-27-13-7-16;;/h2-5,16,19H,6-14,21H2,1H3,(H,22,26);2*1H. The molecule has 1 aromatic rings. The van der Waals surface area contributed by atoms with E-state index in [0.717, 1.165) is 44.6 Å². The van der Waals surface area contributed by atoms with Gasteiger partial charge in [0.1, 0.15) is 0 Å². The fourth-order valence-electron chi connectivity index (χ4n) is 3.56. The van der Waals surface area contributed by atoms with Gasteiger partial charge in [-0.2, -0.15) is 0 Å². The topological polar surface area (TPSA) is 87.9 Å². The largest absolute Gasteiger partial charge is 0.381 e. The second kappa shape index (κ2) is 12.3. The lowest BCUT2D eigenvalue weighted by Crippen LogP contribution is -2.47. The summed E-state index contributed by atoms with van der Waals surface area (Å²) in [6, 6.07) is 6.93. The Labute approximate surface area is 185 Å². The first-order valence-electron chi connectivity index (χ1n) is 9.72. The lowest BCUT2D eigenvalue weighted by atomic mass is 9.92. The number of anilines is 1. The van der Waals surface area contributed by atoms with Gasteiger partial charge in [0.05, 0.1) is 12.5 Å². The van der Waals surface area contributed by atoms with Crippen molar-refractivity contribution < 1.29 is 14.3 Å². The molecule has 0 radical (unpaired) electrons. The molecule has 2 aliphatic rings. The molecule has 3 rings (SSSR count). The molecular weight excluding hydrogens is 415 g/mol. The molecule has 0 bridgehead atoms. The van der Waals surface area contributed by atoms with Gasteiger partial charge in [-0.1, -0.05) is 12.1 Å². The quantitative estimate of drug-likeness (QED) is 0.715. The molecule has 2 aliphatic heterocycles. The van der Waals surface area contributed by atoms with Crippen molar-refractivity contribution in [1.82, 2.24) is 9.80 Å². The van der Waals surface area contributed by atoms with E-state index in [1.54, 1.807) is 0 Å². The number of hydrogen-bond acceptors (Lipinski definition) is 5. The number of carbonyl (C=O) groups is 2. The minimum Gasteiger partial charge on any atom is -0.381 e. The van der Waals surface area contributed by atoms with Crippen LogP contribution in [-0.2, 0) is 20.7 Å². The van der Waals surface area contributed by atoms with E-state index in [1.807, 2.05) is 29.2 Å². The Kier molecular flexibility index (Phi) is 10.9. The van der Waals surface area contributed by atoms with Gasteiger partial charge in [0.2, 0.25) is 11.8 Å². The maximum Gasteiger partial charge on any atom is 0.241 e. The molecular formula is C20H32Cl2N4O3. The third kappa shape index (κ3) is 7.42. The van der Waals surface area contributed by atoms with Crippen molar-refractivity contribution in [3.8, 4) is 0 Å². The molecule has 2 amide bonds. The molecule has 2 fully saturated rings. The maximum atomic E-state index is 12.4. The zero-order chi connectivity index (χ0) is 19.2. The van der Waals surface area contributed by atoms with Crippen molar-refractivity contribution in [2.75, 3.05) is 51.8 Å². The van der Waals surface area contributed by atoms with Crippen LogP contribution in [0.2, 0.25) is 0 Å². The first-order chi connectivity index (χ1) is 13.0. The van der Waals surface area contributed by atoms with Gasteiger partial charge in [0.25, 0.3) is 0 Å². The van der Waals surface area contributed by atoms with Gasteiger partial charge < -0.3 is 25.6 Å². The number of rotatable bonds is 5. The third-order valence-electron chi connectivity index (χ3n) is 5.51. The van der Waals surface area contributed by atoms with E-state index < -0.39 is 6.04 Å². The Hall–Kier alpha value is -1.38. The molecule has 7 nitrogen and oxygen atoms in total. The molecule has 164 valence electrons. The fraction of sp³-hybridized carbons (Fsp3) is 0.600. The van der Waals surface area contributed by atoms with Crippen LogP contribution < -0.4 is 11.1 Å². The summed E-state index contributed by atoms with van der Waals surface area (Å²) in [5.74, 6) is 0.156. The highest BCUT2D eigenvalue weighted by Crippen LogP contribution is 2.19. The Balaban J connectivity index is 0.00000210. The van der Waals surface area contributed by atoms with Crippen molar-refractivity contribution in [3.63, 3.8) is 0 Å². The molecule has 0 aliphatic carbocycles. The Bertz CT molecular complexity index is 646. The summed E-state index contributed by atoms with van der Waals surface area (Å²) in [5, 5.41) is 2.88. The Morgan fingerprint density at radius 2 is 1.69 bits per heavy atom. The average Bonchev–Trinajstić information content (AvgIpc) is 2.70. The minimum absolute atomic E-state index is 0. The van der Waals surface area contributed by atoms with Gasteiger partial charge in [-0.05, 0) is 43.5 Å². The minimum atomic E-state index is -0.521. The molecule has 1 unspecified atom stereocenters. The zero-order valence-corrected chi connectivity index (χ0v) is 18.5. The van der Waals surface area contributed by atoms with Crippen LogP contribution in [0.15, 0.2) is 24.3 Å². The van der Waals surface area contributed by atoms with E-state index in [1.165, 1.54) is 0 Å². The van der Waals surface area contributed by atoms with Crippen LogP contribution in [0.1, 0.15) is 18.4 Å². The summed E-state index contributed by atoms with van der Waals surface area (Å²) in [6.45, 7) is 4.75. The second-order valence-corrected chi connectivity index (χ2v) is 7.52. The highest BCUT2D eigenvalue weighted by atomic mass is 35.5. The molecule has 3 N–H and O–H groups in total. The number of ether oxygens (including phenoxy) is 1. The number of nitrogens with one attached hydrogen (secondary N) is 1. The van der Waals surface area contributed by atoms with Crippen LogP contribution >= 0.6 is 24.8 Å². The van der Waals surface area contributed by atoms with Crippen LogP contribution in [0.3, 0.4) is 0 Å². The maximum absolute atomic E-state index is 12.4. The molecule has 2 saturated heterocycles. The number of benzene rings is 1. The molecule has 0 spiro atoms. The highest BCUT2D eigenvalue weighted by Gasteiger charge is 2.26. The number of carbonyl (C=O) groups excluding carboxylic acids is 2. The highest BCUT2D eigenvalue weighted by molar-refractivity contribution is 5.95. The number of hydrogen-bond donors (Lipinski definition) is 2. The van der Waals surface area contributed by atoms with Crippen molar-refractivity contribution in [3.05, 3.63) is 29.8 Å². The van der Waals surface area contributed by atoms with Crippen molar-refractivity contribution in [1.29, 1.82) is 0 Å². The van der Waals surface area contributed by atoms with Gasteiger partial charge in [-0.15, -0.1) is 24.8 Å². The summed E-state index contributed by atoms with van der Waals surface area (Å²) in [6.07, 6.45) is 2.03. The van der Waals surface area contributed by atoms with Crippen molar-refractivity contribution in [2.24, 2.45) is 11.7 Å². The smallest absolute Gasteiger partial charge is 0.241 e. The Morgan fingerprint density at radius 1 is 1.10 bits per heavy atom. The molecule has 9 heteroatoms. The molecule has 0 saturated carbocycles. The summed E-state index contributed by atoms with van der Waals surface area (Å²) >= 11 is 0. The summed E-state index contributed by atoms with van der Waals surface area (Å²) in [5.41, 5.74) is 7.76. The number of piperazine rings is 1. The van der Waals surface area contributed by atoms with Crippen LogP contribution in [0, 0.1) is 5.92 Å². The van der Waals surface area contributed by atoms with Crippen LogP contribution in [0.5, 0.6) is 0 Å². The lowest BCUT2D eigenvalue weighted by molar-refractivity contribution is -0.132. The third-order valence-corrected chi connectivity index (χ3v) is 5.51. The number of nitrogens with two attached hydrogens (primary N) is 1. The molecule has 1 aromatic carbocycles. The first kappa shape index (κ1) is 25.7. The van der Waals surface area contributed by atoms with Crippen LogP contribution in [0.4, 0.5) is 5.69 Å². The van der Waals surface area contributed by atoms with Crippen LogP contribution in [-0.4, -0.2) is 74.1 Å². The SMILES string of the molecule is CN1CCN(C(=O)Cc2ccc(NC(=O)C(N)C3CCOCC3)cc2)CC1.Cl.Cl. The predicted octanol–water partition coefficient (Wildman–Crippen LogP) is 1.54. The van der Waals surface area contributed by atoms with Gasteiger partial charge in [0, 0.05) is 45.1 Å². The van der Waals surface area contributed by atoms with E-state index in [4.69, 9.17) is 10.5 Å². The molecule has 0 aromatic heterocycles. The van der Waals surface area contributed by atoms with Gasteiger partial charge >= 0.3 is 0 Å². The normalized spacial score (nSPS) is 18.9. The number of halogens is 2. The molecule has 2 heterocycles. The van der Waals surface area contributed by atoms with E-state index in [2.05, 4.69) is 17.3 Å². The van der Waals surface area contributed by atoms with E-state index in [-0.39, 0.29) is 42.5 Å². The monoisotopic (exact) mass is 446 g/mol. The molecule has 1 atom stereocenters. The zero-order valence-electron chi connectivity index (χ0n) is 16.8. The van der Waals surface area contributed by atoms with E-state index in [0.29, 0.717) is 25.3 Å². The van der Waals surface area contributed by atoms with Gasteiger partial charge in [-0.3, -0.25) is 9.59 Å². The summed E-state index contributed by atoms with van der Waals surface area (Å²) in [7, 11) is 2.07. The lowest BCUT2D eigenvalue weighted by Gasteiger charge is -2.32. The number of likely N-dealkylation sites (N-methyl/N-ethyl adjacent to an activating group) is 1. The van der Waals surface area contributed by atoms with Crippen molar-refractivity contribution >= 4 is 42.3 Å². The number of amides is 2. The predicted molar refractivity (Wildman–Crippen MR) is 119 cm³/mol. The fourth-order valence-corrected chi connectivity index (χ4v) is 3.56. The summed E-state index contributed by atoms with van der Waals surface area (Å²) in [4.78, 5) is 28.9. The van der Waals surface area contributed by atoms with Crippen LogP contribution in [0.25, 0.3) is 0 Å².